The van der Waals surface area contributed by atoms with Crippen molar-refractivity contribution in [3.05, 3.63) is 114 Å². The summed E-state index contributed by atoms with van der Waals surface area (Å²) < 4.78 is 1.70. The number of amides is 1. The smallest absolute Gasteiger partial charge is 0.274 e. The van der Waals surface area contributed by atoms with Crippen molar-refractivity contribution in [3.63, 3.8) is 0 Å². The van der Waals surface area contributed by atoms with Crippen LogP contribution in [0.5, 0.6) is 0 Å². The number of aromatic nitrogens is 3. The van der Waals surface area contributed by atoms with E-state index in [9.17, 15) is 4.79 Å². The van der Waals surface area contributed by atoms with Gasteiger partial charge in [-0.2, -0.15) is 5.10 Å². The highest BCUT2D eigenvalue weighted by molar-refractivity contribution is 6.05. The van der Waals surface area contributed by atoms with E-state index in [1.165, 1.54) is 0 Å². The molecule has 6 rings (SSSR count). The molecular weight excluding hydrogens is 472 g/mol. The minimum absolute atomic E-state index is 0.248. The van der Waals surface area contributed by atoms with Crippen LogP contribution in [0.3, 0.4) is 0 Å². The number of piperazine rings is 1. The van der Waals surface area contributed by atoms with E-state index in [1.54, 1.807) is 23.0 Å². The lowest BCUT2D eigenvalue weighted by molar-refractivity contribution is 0.102. The molecule has 7 nitrogen and oxygen atoms in total. The second-order valence-corrected chi connectivity index (χ2v) is 9.22. The van der Waals surface area contributed by atoms with E-state index in [0.29, 0.717) is 11.3 Å². The highest BCUT2D eigenvalue weighted by atomic mass is 16.1. The Bertz CT molecular complexity index is 1600. The quantitative estimate of drug-likeness (QED) is 0.313. The van der Waals surface area contributed by atoms with Crippen molar-refractivity contribution in [1.29, 1.82) is 0 Å². The number of hydrogen-bond donors (Lipinski definition) is 2. The van der Waals surface area contributed by atoms with Gasteiger partial charge in [0.2, 0.25) is 0 Å². The zero-order chi connectivity index (χ0) is 25.7. The SMILES string of the molecule is O=C(Nc1ccccc1N1CCNCC1)c1ccn2ncc(-c3cccc(/C=C/c4ccccc4)c3)c2n1. The summed E-state index contributed by atoms with van der Waals surface area (Å²) in [7, 11) is 0. The Hall–Kier alpha value is -4.75. The summed E-state index contributed by atoms with van der Waals surface area (Å²) in [4.78, 5) is 20.3. The maximum Gasteiger partial charge on any atom is 0.274 e. The van der Waals surface area contributed by atoms with Crippen LogP contribution in [0.4, 0.5) is 11.4 Å². The lowest BCUT2D eigenvalue weighted by Crippen LogP contribution is -2.43. The Morgan fingerprint density at radius 1 is 0.868 bits per heavy atom. The maximum atomic E-state index is 13.3. The number of benzene rings is 3. The molecule has 5 aromatic rings. The number of hydrogen-bond acceptors (Lipinski definition) is 5. The van der Waals surface area contributed by atoms with Gasteiger partial charge in [-0.25, -0.2) is 9.50 Å². The van der Waals surface area contributed by atoms with Crippen molar-refractivity contribution < 1.29 is 4.79 Å². The van der Waals surface area contributed by atoms with Gasteiger partial charge in [0.25, 0.3) is 5.91 Å². The molecule has 1 aliphatic rings. The van der Waals surface area contributed by atoms with Gasteiger partial charge in [-0.15, -0.1) is 0 Å². The first-order valence-corrected chi connectivity index (χ1v) is 12.8. The number of carbonyl (C=O) groups excluding carboxylic acids is 1. The lowest BCUT2D eigenvalue weighted by Gasteiger charge is -2.31. The van der Waals surface area contributed by atoms with Gasteiger partial charge < -0.3 is 15.5 Å². The number of carbonyl (C=O) groups is 1. The van der Waals surface area contributed by atoms with Gasteiger partial charge in [0.05, 0.1) is 17.6 Å². The molecule has 7 heteroatoms. The predicted molar refractivity (Wildman–Crippen MR) is 153 cm³/mol. The Morgan fingerprint density at radius 3 is 2.50 bits per heavy atom. The van der Waals surface area contributed by atoms with E-state index < -0.39 is 0 Å². The van der Waals surface area contributed by atoms with Crippen LogP contribution in [0, 0.1) is 0 Å². The first-order chi connectivity index (χ1) is 18.7. The molecule has 1 fully saturated rings. The molecule has 0 unspecified atom stereocenters. The summed E-state index contributed by atoms with van der Waals surface area (Å²) in [5, 5.41) is 10.9. The number of nitrogens with zero attached hydrogens (tertiary/aromatic N) is 4. The number of fused-ring (bicyclic) bond motifs is 1. The van der Waals surface area contributed by atoms with E-state index >= 15 is 0 Å². The molecule has 0 spiro atoms. The zero-order valence-corrected chi connectivity index (χ0v) is 20.9. The molecule has 0 atom stereocenters. The maximum absolute atomic E-state index is 13.3. The molecule has 1 amide bonds. The van der Waals surface area contributed by atoms with Gasteiger partial charge >= 0.3 is 0 Å². The third-order valence-corrected chi connectivity index (χ3v) is 6.68. The Kier molecular flexibility index (Phi) is 6.66. The van der Waals surface area contributed by atoms with E-state index in [-0.39, 0.29) is 5.91 Å². The third kappa shape index (κ3) is 5.05. The van der Waals surface area contributed by atoms with E-state index in [2.05, 4.69) is 57.0 Å². The minimum atomic E-state index is -0.248. The van der Waals surface area contributed by atoms with Gasteiger partial charge in [0.15, 0.2) is 5.65 Å². The summed E-state index contributed by atoms with van der Waals surface area (Å²) in [6, 6.07) is 28.1. The third-order valence-electron chi connectivity index (χ3n) is 6.68. The van der Waals surface area contributed by atoms with Crippen molar-refractivity contribution in [1.82, 2.24) is 19.9 Å². The van der Waals surface area contributed by atoms with Crippen LogP contribution in [0.1, 0.15) is 21.6 Å². The summed E-state index contributed by atoms with van der Waals surface area (Å²) in [6.45, 7) is 3.65. The Balaban J connectivity index is 1.27. The van der Waals surface area contributed by atoms with Gasteiger partial charge in [-0.3, -0.25) is 4.79 Å². The average Bonchev–Trinajstić information content (AvgIpc) is 3.41. The van der Waals surface area contributed by atoms with E-state index in [1.807, 2.05) is 54.6 Å². The fraction of sp³-hybridized carbons (Fsp3) is 0.129. The van der Waals surface area contributed by atoms with Crippen LogP contribution >= 0.6 is 0 Å². The van der Waals surface area contributed by atoms with Crippen molar-refractivity contribution in [2.45, 2.75) is 0 Å². The second kappa shape index (κ2) is 10.7. The molecule has 2 N–H and O–H groups in total. The van der Waals surface area contributed by atoms with Gasteiger partial charge in [-0.1, -0.05) is 72.8 Å². The average molecular weight is 501 g/mol. The molecule has 38 heavy (non-hydrogen) atoms. The summed E-state index contributed by atoms with van der Waals surface area (Å²) in [5.41, 5.74) is 6.86. The normalized spacial score (nSPS) is 13.7. The number of anilines is 2. The largest absolute Gasteiger partial charge is 0.367 e. The predicted octanol–water partition coefficient (Wildman–Crippen LogP) is 5.23. The molecular formula is C31H28N6O. The minimum Gasteiger partial charge on any atom is -0.367 e. The zero-order valence-electron chi connectivity index (χ0n) is 20.9. The van der Waals surface area contributed by atoms with E-state index in [4.69, 9.17) is 4.98 Å². The van der Waals surface area contributed by atoms with Crippen LogP contribution in [-0.4, -0.2) is 46.7 Å². The van der Waals surface area contributed by atoms with Crippen LogP contribution < -0.4 is 15.5 Å². The summed E-state index contributed by atoms with van der Waals surface area (Å²) >= 11 is 0. The Morgan fingerprint density at radius 2 is 1.63 bits per heavy atom. The summed E-state index contributed by atoms with van der Waals surface area (Å²) in [5.74, 6) is -0.248. The fourth-order valence-corrected chi connectivity index (χ4v) is 4.71. The molecule has 2 aromatic heterocycles. The molecule has 0 saturated carbocycles. The molecule has 0 aliphatic carbocycles. The molecule has 1 aliphatic heterocycles. The number of rotatable bonds is 6. The van der Waals surface area contributed by atoms with Gasteiger partial charge in [0.1, 0.15) is 5.69 Å². The molecule has 0 radical (unpaired) electrons. The molecule has 1 saturated heterocycles. The summed E-state index contributed by atoms with van der Waals surface area (Å²) in [6.07, 6.45) is 7.76. The van der Waals surface area contributed by atoms with Crippen LogP contribution in [-0.2, 0) is 0 Å². The van der Waals surface area contributed by atoms with Gasteiger partial charge in [0, 0.05) is 37.9 Å². The first kappa shape index (κ1) is 23.6. The van der Waals surface area contributed by atoms with Crippen molar-refractivity contribution in [3.8, 4) is 11.1 Å². The van der Waals surface area contributed by atoms with Crippen molar-refractivity contribution in [2.24, 2.45) is 0 Å². The van der Waals surface area contributed by atoms with Gasteiger partial charge in [-0.05, 0) is 41.0 Å². The number of para-hydroxylation sites is 2. The van der Waals surface area contributed by atoms with Crippen LogP contribution in [0.25, 0.3) is 28.9 Å². The Labute approximate surface area is 221 Å². The highest BCUT2D eigenvalue weighted by Gasteiger charge is 2.18. The molecule has 3 heterocycles. The van der Waals surface area contributed by atoms with Crippen molar-refractivity contribution in [2.75, 3.05) is 36.4 Å². The monoisotopic (exact) mass is 500 g/mol. The second-order valence-electron chi connectivity index (χ2n) is 9.22. The lowest BCUT2D eigenvalue weighted by atomic mass is 10.0. The topological polar surface area (TPSA) is 74.6 Å². The standard InChI is InChI=1S/C31H28N6O/c38-31(35-27-11-4-5-12-29(27)36-19-16-32-17-20-36)28-15-18-37-30(34-28)26(22-33-37)25-10-6-9-24(21-25)14-13-23-7-2-1-3-8-23/h1-15,18,21-22,32H,16-17,19-20H2,(H,35,38)/b14-13+. The molecule has 3 aromatic carbocycles. The van der Waals surface area contributed by atoms with Crippen molar-refractivity contribution >= 4 is 35.1 Å². The fourth-order valence-electron chi connectivity index (χ4n) is 4.71. The van der Waals surface area contributed by atoms with Crippen LogP contribution in [0.2, 0.25) is 0 Å². The van der Waals surface area contributed by atoms with E-state index in [0.717, 1.165) is 59.8 Å². The highest BCUT2D eigenvalue weighted by Crippen LogP contribution is 2.28. The number of nitrogens with one attached hydrogen (secondary N) is 2. The first-order valence-electron chi connectivity index (χ1n) is 12.8. The molecule has 188 valence electrons. The molecule has 0 bridgehead atoms. The van der Waals surface area contributed by atoms with Crippen LogP contribution in [0.15, 0.2) is 97.3 Å².